The zero-order chi connectivity index (χ0) is 57.0. The van der Waals surface area contributed by atoms with Gasteiger partial charge in [-0.1, -0.05) is 47.3 Å². The van der Waals surface area contributed by atoms with Gasteiger partial charge in [0.2, 0.25) is 0 Å². The molecule has 24 nitrogen and oxygen atoms in total. The largest absolute Gasteiger partial charge is 2.00 e. The molecule has 0 amide bonds. The molecule has 32 heteroatoms. The number of rotatable bonds is 28. The van der Waals surface area contributed by atoms with Crippen molar-refractivity contribution in [2.75, 3.05) is 74.5 Å². The number of aliphatic imine (C=N–C) groups is 4. The van der Waals surface area contributed by atoms with Crippen LogP contribution in [0.1, 0.15) is 47.9 Å². The fraction of sp³-hybridized carbons (Fsp3) is 0.417. The van der Waals surface area contributed by atoms with Crippen LogP contribution in [0.2, 0.25) is 0 Å². The van der Waals surface area contributed by atoms with Crippen LogP contribution in [0.5, 0.6) is 23.0 Å². The molecule has 0 fully saturated rings. The third kappa shape index (κ3) is 33.6. The van der Waals surface area contributed by atoms with Crippen LogP contribution in [0, 0.1) is 40.5 Å². The summed E-state index contributed by atoms with van der Waals surface area (Å²) in [5, 5.41) is 132. The molecule has 0 spiro atoms. The van der Waals surface area contributed by atoms with Gasteiger partial charge in [-0.15, -0.1) is 26.4 Å². The van der Waals surface area contributed by atoms with Gasteiger partial charge in [0.1, 0.15) is 0 Å². The smallest absolute Gasteiger partial charge is 0.872 e. The average molecular weight is 1380 g/mol. The molecule has 4 rings (SSSR count). The number of non-ortho nitro benzene ring substituents is 4. The molecule has 0 aliphatic rings. The average Bonchev–Trinajstić information content (AvgIpc) is 3.40. The topological polar surface area (TPSA) is 406 Å². The van der Waals surface area contributed by atoms with Gasteiger partial charge in [0, 0.05) is 97.6 Å². The van der Waals surface area contributed by atoms with Crippen molar-refractivity contribution in [3.8, 4) is 23.0 Å². The molecule has 0 heterocycles. The van der Waals surface area contributed by atoms with E-state index in [2.05, 4.69) is 20.0 Å². The van der Waals surface area contributed by atoms with Crippen LogP contribution in [0.25, 0.3) is 0 Å². The molecular formula is C48H56Cu4N8O16S4. The van der Waals surface area contributed by atoms with Crippen molar-refractivity contribution in [2.45, 2.75) is 49.9 Å². The molecule has 80 heavy (non-hydrogen) atoms. The summed E-state index contributed by atoms with van der Waals surface area (Å²) in [5.41, 5.74) is -0.109. The first-order valence-corrected chi connectivity index (χ1v) is 28.1. The summed E-state index contributed by atoms with van der Waals surface area (Å²) in [6.07, 6.45) is 15.3. The standard InChI is InChI=1S/4C12H15N2O4S.4Cu/c4*1-19-5-4-10(8-15)13-7-9-6-11(14(17)18)2-3-12(9)16;;;;/h4*2-3,6-7,10,16H,4-5,8H2,1H3;;;;/q4*-1;4*+2/p-4/t4*10-;;;;/m0000..../s1. The third-order valence-corrected chi connectivity index (χ3v) is 12.5. The van der Waals surface area contributed by atoms with Crippen molar-refractivity contribution < 1.29 is 129 Å². The molecule has 0 aliphatic heterocycles. The monoisotopic (exact) mass is 1380 g/mol. The van der Waals surface area contributed by atoms with Gasteiger partial charge in [-0.05, 0) is 96.0 Å². The van der Waals surface area contributed by atoms with Crippen LogP contribution < -0.4 is 40.9 Å². The van der Waals surface area contributed by atoms with Gasteiger partial charge in [0.25, 0.3) is 22.7 Å². The maximum atomic E-state index is 11.5. The molecule has 4 aromatic rings. The van der Waals surface area contributed by atoms with Crippen molar-refractivity contribution in [3.05, 3.63) is 136 Å². The van der Waals surface area contributed by atoms with E-state index >= 15 is 0 Å². The molecular weight excluding hydrogens is 1330 g/mol. The Morgan fingerprint density at radius 3 is 0.688 bits per heavy atom. The van der Waals surface area contributed by atoms with Crippen LogP contribution in [0.4, 0.5) is 22.7 Å². The van der Waals surface area contributed by atoms with E-state index in [4.69, 9.17) is 0 Å². The van der Waals surface area contributed by atoms with Gasteiger partial charge in [0.15, 0.2) is 0 Å². The molecule has 0 N–H and O–H groups in total. The van der Waals surface area contributed by atoms with Crippen molar-refractivity contribution in [1.82, 2.24) is 0 Å². The van der Waals surface area contributed by atoms with E-state index in [1.54, 1.807) is 47.0 Å². The fourth-order valence-corrected chi connectivity index (χ4v) is 7.59. The molecule has 452 valence electrons. The van der Waals surface area contributed by atoms with Crippen LogP contribution in [-0.4, -0.2) is 143 Å². The Bertz CT molecular complexity index is 2230. The van der Waals surface area contributed by atoms with E-state index in [1.807, 2.05) is 25.0 Å². The van der Waals surface area contributed by atoms with E-state index in [9.17, 15) is 81.3 Å². The molecule has 0 aliphatic carbocycles. The SMILES string of the molecule is CSCC[C@@H](C[O-])N=Cc1cc([N+](=O)[O-])ccc1[O-].CSCC[C@@H](C[O-])N=Cc1cc([N+](=O)[O-])ccc1[O-].CSCC[C@@H](C[O-])N=Cc1cc([N+](=O)[O-])ccc1[O-].CSCC[C@@H](C[O-])N=Cc1cc([N+](=O)[O-])ccc1[O-].[Cu+2].[Cu+2].[Cu+2].[Cu+2]. The number of thioether (sulfide) groups is 4. The second-order valence-electron chi connectivity index (χ2n) is 15.4. The van der Waals surface area contributed by atoms with Gasteiger partial charge in [0.05, 0.1) is 19.7 Å². The Kier molecular flexibility index (Phi) is 49.5. The Morgan fingerprint density at radius 1 is 0.375 bits per heavy atom. The molecule has 0 bridgehead atoms. The third-order valence-electron chi connectivity index (χ3n) is 9.90. The number of hydrogen-bond acceptors (Lipinski definition) is 24. The van der Waals surface area contributed by atoms with Gasteiger partial charge in [-0.2, -0.15) is 47.0 Å². The molecule has 0 saturated carbocycles. The van der Waals surface area contributed by atoms with Crippen molar-refractivity contribution in [1.29, 1.82) is 0 Å². The second kappa shape index (κ2) is 48.2. The first-order chi connectivity index (χ1) is 36.3. The first-order valence-electron chi connectivity index (χ1n) is 22.6. The number of nitro groups is 4. The predicted molar refractivity (Wildman–Crippen MR) is 287 cm³/mol. The van der Waals surface area contributed by atoms with E-state index in [0.717, 1.165) is 71.5 Å². The molecule has 4 atom stereocenters. The molecule has 0 aromatic heterocycles. The Morgan fingerprint density at radius 2 is 0.550 bits per heavy atom. The van der Waals surface area contributed by atoms with Crippen LogP contribution in [0.15, 0.2) is 92.8 Å². The number of hydrogen-bond donors (Lipinski definition) is 0. The summed E-state index contributed by atoms with van der Waals surface area (Å²) in [4.78, 5) is 56.3. The molecule has 0 saturated heterocycles. The quantitative estimate of drug-likeness (QED) is 0.0340. The van der Waals surface area contributed by atoms with E-state index < -0.39 is 43.9 Å². The Balaban J connectivity index is -0.000000473. The van der Waals surface area contributed by atoms with E-state index in [-0.39, 0.29) is 163 Å². The zero-order valence-electron chi connectivity index (χ0n) is 43.0. The van der Waals surface area contributed by atoms with Crippen LogP contribution in [-0.2, 0) is 68.3 Å². The van der Waals surface area contributed by atoms with Crippen LogP contribution >= 0.6 is 47.0 Å². The van der Waals surface area contributed by atoms with Crippen LogP contribution in [0.3, 0.4) is 0 Å². The number of benzene rings is 4. The minimum atomic E-state index is -0.574. The Labute approximate surface area is 522 Å². The number of nitro benzene ring substituents is 4. The van der Waals surface area contributed by atoms with E-state index in [1.165, 1.54) is 49.1 Å². The minimum Gasteiger partial charge on any atom is -0.872 e. The van der Waals surface area contributed by atoms with Gasteiger partial charge >= 0.3 is 68.3 Å². The zero-order valence-corrected chi connectivity index (χ0v) is 50.0. The first kappa shape index (κ1) is 82.1. The summed E-state index contributed by atoms with van der Waals surface area (Å²) in [6.45, 7) is -1.44. The van der Waals surface area contributed by atoms with E-state index in [0.29, 0.717) is 25.7 Å². The second-order valence-corrected chi connectivity index (χ2v) is 19.4. The molecule has 4 aromatic carbocycles. The van der Waals surface area contributed by atoms with Crippen molar-refractivity contribution in [2.24, 2.45) is 20.0 Å². The summed E-state index contributed by atoms with van der Waals surface area (Å²) in [5.74, 6) is 1.86. The Hall–Kier alpha value is -4.32. The maximum Gasteiger partial charge on any atom is 2.00 e. The number of nitrogens with zero attached hydrogens (tertiary/aromatic N) is 8. The van der Waals surface area contributed by atoms with Gasteiger partial charge in [-0.3, -0.25) is 60.4 Å². The molecule has 0 unspecified atom stereocenters. The normalized spacial score (nSPS) is 12.1. The summed E-state index contributed by atoms with van der Waals surface area (Å²) >= 11 is 6.45. The fourth-order valence-electron chi connectivity index (χ4n) is 5.56. The predicted octanol–water partition coefficient (Wildman–Crippen LogP) is 2.27. The van der Waals surface area contributed by atoms with Crippen molar-refractivity contribution in [3.63, 3.8) is 0 Å². The van der Waals surface area contributed by atoms with Gasteiger partial charge < -0.3 is 40.9 Å². The summed E-state index contributed by atoms with van der Waals surface area (Å²) in [6, 6.07) is 12.2. The van der Waals surface area contributed by atoms with Crippen molar-refractivity contribution >= 4 is 94.7 Å². The molecule has 4 radical (unpaired) electrons. The summed E-state index contributed by atoms with van der Waals surface area (Å²) in [7, 11) is 0. The minimum absolute atomic E-state index is 0. The van der Waals surface area contributed by atoms with Gasteiger partial charge in [-0.25, -0.2) is 0 Å². The summed E-state index contributed by atoms with van der Waals surface area (Å²) < 4.78 is 0. The maximum absolute atomic E-state index is 11.5.